The van der Waals surface area contributed by atoms with E-state index in [4.69, 9.17) is 4.74 Å². The molecule has 0 aromatic heterocycles. The summed E-state index contributed by atoms with van der Waals surface area (Å²) in [6.07, 6.45) is 7.31. The van der Waals surface area contributed by atoms with Gasteiger partial charge in [-0.2, -0.15) is 13.2 Å². The Bertz CT molecular complexity index is 651. The molecule has 3 rings (SSSR count). The summed E-state index contributed by atoms with van der Waals surface area (Å²) in [5.41, 5.74) is 0.683. The van der Waals surface area contributed by atoms with E-state index in [0.29, 0.717) is 45.4 Å². The minimum Gasteiger partial charge on any atom is -0.370 e. The third-order valence-electron chi connectivity index (χ3n) is 7.85. The first-order chi connectivity index (χ1) is 15.0. The number of nitrogens with zero attached hydrogens (tertiary/aromatic N) is 1. The maximum Gasteiger partial charge on any atom is 0.392 e. The van der Waals surface area contributed by atoms with Crippen LogP contribution in [0.5, 0.6) is 0 Å². The zero-order valence-corrected chi connectivity index (χ0v) is 20.2. The highest BCUT2D eigenvalue weighted by molar-refractivity contribution is 5.76. The predicted octanol–water partition coefficient (Wildman–Crippen LogP) is 7.06. The van der Waals surface area contributed by atoms with E-state index >= 15 is 0 Å². The van der Waals surface area contributed by atoms with Gasteiger partial charge in [-0.3, -0.25) is 4.79 Å². The lowest BCUT2D eigenvalue weighted by Crippen LogP contribution is -2.50. The average molecular weight is 458 g/mol. The molecule has 0 aromatic rings. The SMILES string of the molecule is CC(C)(C)CCC(=O)N1CCC(OCCC2CCCC2)(C2=CCC(C(F)(F)F)CC2)CC1. The van der Waals surface area contributed by atoms with Crippen LogP contribution in [0, 0.1) is 17.3 Å². The first-order valence-electron chi connectivity index (χ1n) is 12.7. The van der Waals surface area contributed by atoms with Crippen LogP contribution in [-0.2, 0) is 9.53 Å². The second-order valence-corrected chi connectivity index (χ2v) is 11.5. The largest absolute Gasteiger partial charge is 0.392 e. The van der Waals surface area contributed by atoms with Gasteiger partial charge < -0.3 is 9.64 Å². The first-order valence-corrected chi connectivity index (χ1v) is 12.7. The van der Waals surface area contributed by atoms with E-state index in [9.17, 15) is 18.0 Å². The quantitative estimate of drug-likeness (QED) is 0.383. The fourth-order valence-corrected chi connectivity index (χ4v) is 5.58. The Labute approximate surface area is 192 Å². The molecule has 0 N–H and O–H groups in total. The van der Waals surface area contributed by atoms with Gasteiger partial charge in [-0.15, -0.1) is 0 Å². The molecule has 3 nitrogen and oxygen atoms in total. The normalized spacial score (nSPS) is 25.1. The van der Waals surface area contributed by atoms with E-state index in [1.165, 1.54) is 25.7 Å². The third-order valence-corrected chi connectivity index (χ3v) is 7.85. The number of hydrogen-bond donors (Lipinski definition) is 0. The molecule has 0 bridgehead atoms. The number of alkyl halides is 3. The number of halogens is 3. The molecule has 2 fully saturated rings. The van der Waals surface area contributed by atoms with E-state index < -0.39 is 17.7 Å². The molecule has 6 heteroatoms. The molecule has 2 aliphatic carbocycles. The number of amides is 1. The van der Waals surface area contributed by atoms with Crippen molar-refractivity contribution in [2.75, 3.05) is 19.7 Å². The summed E-state index contributed by atoms with van der Waals surface area (Å²) in [4.78, 5) is 14.7. The van der Waals surface area contributed by atoms with Crippen LogP contribution in [-0.4, -0.2) is 42.3 Å². The van der Waals surface area contributed by atoms with Crippen LogP contribution < -0.4 is 0 Å². The van der Waals surface area contributed by atoms with Crippen molar-refractivity contribution >= 4 is 5.91 Å². The van der Waals surface area contributed by atoms with Gasteiger partial charge in [0.1, 0.15) is 0 Å². The van der Waals surface area contributed by atoms with Crippen LogP contribution in [0.25, 0.3) is 0 Å². The van der Waals surface area contributed by atoms with Gasteiger partial charge >= 0.3 is 6.18 Å². The smallest absolute Gasteiger partial charge is 0.370 e. The molecule has 1 saturated heterocycles. The van der Waals surface area contributed by atoms with Gasteiger partial charge in [-0.25, -0.2) is 0 Å². The molecule has 1 aliphatic heterocycles. The van der Waals surface area contributed by atoms with Crippen molar-refractivity contribution in [2.45, 2.75) is 110 Å². The van der Waals surface area contributed by atoms with Crippen molar-refractivity contribution in [2.24, 2.45) is 17.3 Å². The monoisotopic (exact) mass is 457 g/mol. The Morgan fingerprint density at radius 2 is 1.78 bits per heavy atom. The minimum atomic E-state index is -4.12. The fourth-order valence-electron chi connectivity index (χ4n) is 5.58. The van der Waals surface area contributed by atoms with Crippen molar-refractivity contribution < 1.29 is 22.7 Å². The summed E-state index contributed by atoms with van der Waals surface area (Å²) in [6, 6.07) is 0. The molecule has 0 spiro atoms. The highest BCUT2D eigenvalue weighted by Gasteiger charge is 2.45. The number of ether oxygens (including phenoxy) is 1. The van der Waals surface area contributed by atoms with Crippen molar-refractivity contribution in [3.05, 3.63) is 11.6 Å². The van der Waals surface area contributed by atoms with Crippen LogP contribution >= 0.6 is 0 Å². The topological polar surface area (TPSA) is 29.5 Å². The molecule has 1 amide bonds. The van der Waals surface area contributed by atoms with Crippen LogP contribution in [0.1, 0.15) is 97.8 Å². The summed E-state index contributed by atoms with van der Waals surface area (Å²) in [5, 5.41) is 0. The van der Waals surface area contributed by atoms with Gasteiger partial charge in [0.2, 0.25) is 5.91 Å². The highest BCUT2D eigenvalue weighted by Crippen LogP contribution is 2.44. The molecule has 1 atom stereocenters. The first kappa shape index (κ1) is 25.6. The second kappa shape index (κ2) is 10.5. The van der Waals surface area contributed by atoms with E-state index in [1.807, 2.05) is 11.0 Å². The Hall–Kier alpha value is -1.04. The van der Waals surface area contributed by atoms with Crippen molar-refractivity contribution in [1.82, 2.24) is 4.90 Å². The zero-order chi connectivity index (χ0) is 23.4. The van der Waals surface area contributed by atoms with Gasteiger partial charge in [0.25, 0.3) is 0 Å². The maximum absolute atomic E-state index is 13.2. The third kappa shape index (κ3) is 6.98. The molecule has 3 aliphatic rings. The van der Waals surface area contributed by atoms with Gasteiger partial charge in [0.05, 0.1) is 11.5 Å². The van der Waals surface area contributed by atoms with Crippen LogP contribution in [0.2, 0.25) is 0 Å². The number of rotatable bonds is 7. The van der Waals surface area contributed by atoms with Gasteiger partial charge in [-0.05, 0) is 61.9 Å². The summed E-state index contributed by atoms with van der Waals surface area (Å²) in [5.74, 6) is -0.323. The van der Waals surface area contributed by atoms with Crippen molar-refractivity contribution in [1.29, 1.82) is 0 Å². The lowest BCUT2D eigenvalue weighted by Gasteiger charge is -2.45. The lowest BCUT2D eigenvalue weighted by atomic mass is 9.76. The number of carbonyl (C=O) groups is 1. The molecule has 1 unspecified atom stereocenters. The van der Waals surface area contributed by atoms with E-state index in [1.54, 1.807) is 0 Å². The molecule has 0 radical (unpaired) electrons. The summed E-state index contributed by atoms with van der Waals surface area (Å²) in [7, 11) is 0. The second-order valence-electron chi connectivity index (χ2n) is 11.5. The van der Waals surface area contributed by atoms with Crippen molar-refractivity contribution in [3.8, 4) is 0 Å². The Morgan fingerprint density at radius 3 is 2.31 bits per heavy atom. The number of hydrogen-bond acceptors (Lipinski definition) is 2. The molecular weight excluding hydrogens is 415 g/mol. The fraction of sp³-hybridized carbons (Fsp3) is 0.885. The van der Waals surface area contributed by atoms with E-state index in [2.05, 4.69) is 20.8 Å². The minimum absolute atomic E-state index is 0.0563. The Morgan fingerprint density at radius 1 is 1.12 bits per heavy atom. The van der Waals surface area contributed by atoms with Gasteiger partial charge in [-0.1, -0.05) is 52.5 Å². The average Bonchev–Trinajstić information content (AvgIpc) is 3.25. The number of piperidine rings is 1. The molecule has 1 heterocycles. The summed E-state index contributed by atoms with van der Waals surface area (Å²) >= 11 is 0. The zero-order valence-electron chi connectivity index (χ0n) is 20.2. The van der Waals surface area contributed by atoms with E-state index in [-0.39, 0.29) is 24.2 Å². The highest BCUT2D eigenvalue weighted by atomic mass is 19.4. The number of likely N-dealkylation sites (tertiary alicyclic amines) is 1. The molecular formula is C26H42F3NO2. The predicted molar refractivity (Wildman–Crippen MR) is 121 cm³/mol. The summed E-state index contributed by atoms with van der Waals surface area (Å²) < 4.78 is 46.1. The van der Waals surface area contributed by atoms with Gasteiger partial charge in [0, 0.05) is 26.1 Å². The molecule has 1 saturated carbocycles. The number of allylic oxidation sites excluding steroid dienone is 1. The molecule has 32 heavy (non-hydrogen) atoms. The summed E-state index contributed by atoms with van der Waals surface area (Å²) in [6.45, 7) is 8.36. The van der Waals surface area contributed by atoms with Crippen LogP contribution in [0.4, 0.5) is 13.2 Å². The van der Waals surface area contributed by atoms with E-state index in [0.717, 1.165) is 24.3 Å². The van der Waals surface area contributed by atoms with Crippen LogP contribution in [0.15, 0.2) is 11.6 Å². The molecule has 184 valence electrons. The Balaban J connectivity index is 1.63. The maximum atomic E-state index is 13.2. The lowest BCUT2D eigenvalue weighted by molar-refractivity contribution is -0.177. The van der Waals surface area contributed by atoms with Crippen LogP contribution in [0.3, 0.4) is 0 Å². The van der Waals surface area contributed by atoms with Crippen molar-refractivity contribution in [3.63, 3.8) is 0 Å². The van der Waals surface area contributed by atoms with Gasteiger partial charge in [0.15, 0.2) is 0 Å². The number of carbonyl (C=O) groups excluding carboxylic acids is 1. The molecule has 0 aromatic carbocycles. The Kier molecular flexibility index (Phi) is 8.38. The standard InChI is InChI=1S/C26H42F3NO2/c1-24(2,3)14-12-23(31)30-17-15-25(16-18-30,32-19-13-20-6-4-5-7-20)21-8-10-22(11-9-21)26(27,28)29/h8,20,22H,4-7,9-19H2,1-3H3.